The first-order valence-corrected chi connectivity index (χ1v) is 2.91. The SMILES string of the molecule is COC1=C=CCCC1. The van der Waals surface area contributed by atoms with Gasteiger partial charge in [0.15, 0.2) is 0 Å². The van der Waals surface area contributed by atoms with Gasteiger partial charge in [0.1, 0.15) is 5.76 Å². The fourth-order valence-electron chi connectivity index (χ4n) is 0.784. The van der Waals surface area contributed by atoms with E-state index < -0.39 is 0 Å². The molecule has 0 aromatic carbocycles. The molecular weight excluding hydrogens is 100 g/mol. The zero-order valence-electron chi connectivity index (χ0n) is 5.11. The summed E-state index contributed by atoms with van der Waals surface area (Å²) in [7, 11) is 1.70. The summed E-state index contributed by atoms with van der Waals surface area (Å²) in [5, 5.41) is 0. The van der Waals surface area contributed by atoms with Crippen LogP contribution in [-0.2, 0) is 4.74 Å². The number of rotatable bonds is 1. The Morgan fingerprint density at radius 3 is 3.00 bits per heavy atom. The lowest BCUT2D eigenvalue weighted by Crippen LogP contribution is -1.87. The van der Waals surface area contributed by atoms with E-state index >= 15 is 0 Å². The zero-order chi connectivity index (χ0) is 5.82. The van der Waals surface area contributed by atoms with Crippen LogP contribution in [0.15, 0.2) is 17.6 Å². The second-order valence-corrected chi connectivity index (χ2v) is 1.87. The Morgan fingerprint density at radius 2 is 2.62 bits per heavy atom. The largest absolute Gasteiger partial charge is 0.493 e. The highest BCUT2D eigenvalue weighted by atomic mass is 16.5. The van der Waals surface area contributed by atoms with Gasteiger partial charge in [-0.2, -0.15) is 0 Å². The van der Waals surface area contributed by atoms with Gasteiger partial charge in [-0.05, 0) is 18.9 Å². The Bertz CT molecular complexity index is 129. The number of methoxy groups -OCH3 is 1. The average Bonchev–Trinajstić information content (AvgIpc) is 1.90. The van der Waals surface area contributed by atoms with Crippen molar-refractivity contribution in [1.82, 2.24) is 0 Å². The minimum absolute atomic E-state index is 0.997. The highest BCUT2D eigenvalue weighted by Crippen LogP contribution is 2.10. The Labute approximate surface area is 49.7 Å². The molecular formula is C7H10O. The normalized spacial score (nSPS) is 17.9. The van der Waals surface area contributed by atoms with E-state index in [2.05, 4.69) is 5.73 Å². The maximum atomic E-state index is 4.97. The second kappa shape index (κ2) is 2.58. The molecule has 8 heavy (non-hydrogen) atoms. The van der Waals surface area contributed by atoms with Crippen molar-refractivity contribution in [3.05, 3.63) is 17.6 Å². The number of hydrogen-bond acceptors (Lipinski definition) is 1. The number of hydrogen-bond donors (Lipinski definition) is 0. The molecule has 1 aliphatic rings. The van der Waals surface area contributed by atoms with Gasteiger partial charge < -0.3 is 4.74 Å². The van der Waals surface area contributed by atoms with Gasteiger partial charge in [0.25, 0.3) is 0 Å². The van der Waals surface area contributed by atoms with E-state index in [9.17, 15) is 0 Å². The first-order chi connectivity index (χ1) is 3.93. The van der Waals surface area contributed by atoms with E-state index in [0.717, 1.165) is 18.6 Å². The Balaban J connectivity index is 2.60. The lowest BCUT2D eigenvalue weighted by Gasteiger charge is -2.03. The molecule has 0 aromatic rings. The smallest absolute Gasteiger partial charge is 0.137 e. The molecule has 0 fully saturated rings. The van der Waals surface area contributed by atoms with E-state index in [1.54, 1.807) is 7.11 Å². The van der Waals surface area contributed by atoms with E-state index in [0.29, 0.717) is 0 Å². The molecule has 1 aliphatic carbocycles. The molecule has 0 aromatic heterocycles. The maximum absolute atomic E-state index is 4.97. The molecule has 1 nitrogen and oxygen atoms in total. The topological polar surface area (TPSA) is 9.23 Å². The van der Waals surface area contributed by atoms with Crippen LogP contribution in [0.2, 0.25) is 0 Å². The van der Waals surface area contributed by atoms with Crippen LogP contribution in [0.5, 0.6) is 0 Å². The van der Waals surface area contributed by atoms with Crippen molar-refractivity contribution in [2.24, 2.45) is 0 Å². The Kier molecular flexibility index (Phi) is 1.76. The van der Waals surface area contributed by atoms with Crippen molar-refractivity contribution in [3.63, 3.8) is 0 Å². The minimum Gasteiger partial charge on any atom is -0.493 e. The fourth-order valence-corrected chi connectivity index (χ4v) is 0.784. The molecule has 0 spiro atoms. The molecule has 44 valence electrons. The summed E-state index contributed by atoms with van der Waals surface area (Å²) < 4.78 is 4.97. The molecule has 0 saturated carbocycles. The molecule has 0 aliphatic heterocycles. The van der Waals surface area contributed by atoms with Gasteiger partial charge in [0, 0.05) is 6.42 Å². The summed E-state index contributed by atoms with van der Waals surface area (Å²) in [5.41, 5.74) is 3.04. The van der Waals surface area contributed by atoms with Crippen LogP contribution >= 0.6 is 0 Å². The number of ether oxygens (including phenoxy) is 1. The molecule has 0 amide bonds. The maximum Gasteiger partial charge on any atom is 0.137 e. The van der Waals surface area contributed by atoms with Gasteiger partial charge >= 0.3 is 0 Å². The van der Waals surface area contributed by atoms with Crippen LogP contribution in [-0.4, -0.2) is 7.11 Å². The molecule has 1 rings (SSSR count). The van der Waals surface area contributed by atoms with Gasteiger partial charge in [-0.25, -0.2) is 0 Å². The molecule has 0 N–H and O–H groups in total. The lowest BCUT2D eigenvalue weighted by molar-refractivity contribution is 0.274. The van der Waals surface area contributed by atoms with Gasteiger partial charge in [-0.15, -0.1) is 0 Å². The third-order valence-electron chi connectivity index (χ3n) is 1.26. The molecule has 0 bridgehead atoms. The van der Waals surface area contributed by atoms with Crippen LogP contribution in [0.4, 0.5) is 0 Å². The first kappa shape index (κ1) is 5.46. The summed E-state index contributed by atoms with van der Waals surface area (Å²) in [4.78, 5) is 0. The third kappa shape index (κ3) is 1.14. The minimum atomic E-state index is 0.997. The summed E-state index contributed by atoms with van der Waals surface area (Å²) in [6.07, 6.45) is 5.47. The summed E-state index contributed by atoms with van der Waals surface area (Å²) >= 11 is 0. The number of allylic oxidation sites excluding steroid dienone is 1. The zero-order valence-corrected chi connectivity index (χ0v) is 5.11. The van der Waals surface area contributed by atoms with Gasteiger partial charge in [-0.3, -0.25) is 0 Å². The molecule has 0 unspecified atom stereocenters. The van der Waals surface area contributed by atoms with Crippen LogP contribution in [0.25, 0.3) is 0 Å². The third-order valence-corrected chi connectivity index (χ3v) is 1.26. The summed E-state index contributed by atoms with van der Waals surface area (Å²) in [6, 6.07) is 0. The molecule has 1 heteroatoms. The highest BCUT2D eigenvalue weighted by Gasteiger charge is 1.96. The van der Waals surface area contributed by atoms with Crippen molar-refractivity contribution in [1.29, 1.82) is 0 Å². The highest BCUT2D eigenvalue weighted by molar-refractivity contribution is 4.97. The van der Waals surface area contributed by atoms with Crippen LogP contribution in [0.1, 0.15) is 19.3 Å². The lowest BCUT2D eigenvalue weighted by atomic mass is 10.1. The molecule has 0 radical (unpaired) electrons. The van der Waals surface area contributed by atoms with Crippen molar-refractivity contribution < 1.29 is 4.74 Å². The quantitative estimate of drug-likeness (QED) is 0.468. The van der Waals surface area contributed by atoms with Crippen molar-refractivity contribution in [3.8, 4) is 0 Å². The predicted octanol–water partition coefficient (Wildman–Crippen LogP) is 1.86. The van der Waals surface area contributed by atoms with Crippen molar-refractivity contribution in [2.45, 2.75) is 19.3 Å². The molecule has 0 atom stereocenters. The van der Waals surface area contributed by atoms with Gasteiger partial charge in [0.2, 0.25) is 0 Å². The van der Waals surface area contributed by atoms with Crippen LogP contribution in [0, 0.1) is 0 Å². The van der Waals surface area contributed by atoms with Crippen molar-refractivity contribution >= 4 is 0 Å². The van der Waals surface area contributed by atoms with Gasteiger partial charge in [-0.1, -0.05) is 5.73 Å². The van der Waals surface area contributed by atoms with E-state index in [-0.39, 0.29) is 0 Å². The molecule has 0 heterocycles. The molecule has 0 saturated heterocycles. The first-order valence-electron chi connectivity index (χ1n) is 2.91. The Morgan fingerprint density at radius 1 is 1.75 bits per heavy atom. The van der Waals surface area contributed by atoms with Crippen molar-refractivity contribution in [2.75, 3.05) is 7.11 Å². The standard InChI is InChI=1S/C7H10O/c1-8-7-5-3-2-4-6-7/h3H,2,4,6H2,1H3. The second-order valence-electron chi connectivity index (χ2n) is 1.87. The predicted molar refractivity (Wildman–Crippen MR) is 32.5 cm³/mol. The summed E-state index contributed by atoms with van der Waals surface area (Å²) in [5.74, 6) is 0.997. The Hall–Kier alpha value is -0.680. The van der Waals surface area contributed by atoms with Crippen LogP contribution < -0.4 is 0 Å². The van der Waals surface area contributed by atoms with Gasteiger partial charge in [0.05, 0.1) is 7.11 Å². The average molecular weight is 110 g/mol. The summed E-state index contributed by atoms with van der Waals surface area (Å²) in [6.45, 7) is 0. The monoisotopic (exact) mass is 110 g/mol. The van der Waals surface area contributed by atoms with E-state index in [1.807, 2.05) is 6.08 Å². The van der Waals surface area contributed by atoms with Crippen LogP contribution in [0.3, 0.4) is 0 Å². The fraction of sp³-hybridized carbons (Fsp3) is 0.571. The van der Waals surface area contributed by atoms with E-state index in [4.69, 9.17) is 4.74 Å². The van der Waals surface area contributed by atoms with E-state index in [1.165, 1.54) is 6.42 Å².